The molecule has 0 spiro atoms. The summed E-state index contributed by atoms with van der Waals surface area (Å²) in [4.78, 5) is 9.19. The van der Waals surface area contributed by atoms with E-state index in [4.69, 9.17) is 9.15 Å². The minimum Gasteiger partial charge on any atom is -0.457 e. The summed E-state index contributed by atoms with van der Waals surface area (Å²) in [5.41, 5.74) is 0.997. The van der Waals surface area contributed by atoms with Gasteiger partial charge >= 0.3 is 0 Å². The third-order valence-electron chi connectivity index (χ3n) is 3.65. The van der Waals surface area contributed by atoms with E-state index < -0.39 is 0 Å². The lowest BCUT2D eigenvalue weighted by Gasteiger charge is -2.10. The number of furan rings is 1. The zero-order chi connectivity index (χ0) is 18.2. The first-order chi connectivity index (χ1) is 12.8. The molecule has 0 amide bonds. The Morgan fingerprint density at radius 3 is 2.81 bits per heavy atom. The number of hydrogen-bond donors (Lipinski definition) is 2. The number of rotatable bonds is 8. The molecule has 2 heterocycles. The van der Waals surface area contributed by atoms with Crippen molar-refractivity contribution in [1.82, 2.24) is 15.6 Å². The lowest BCUT2D eigenvalue weighted by Crippen LogP contribution is -2.38. The molecule has 8 heteroatoms. The highest BCUT2D eigenvalue weighted by Gasteiger charge is 2.10. The van der Waals surface area contributed by atoms with Crippen LogP contribution in [0.4, 0.5) is 0 Å². The lowest BCUT2D eigenvalue weighted by molar-refractivity contribution is 0.152. The maximum absolute atomic E-state index is 5.93. The normalized spacial score (nSPS) is 11.4. The Labute approximate surface area is 180 Å². The van der Waals surface area contributed by atoms with Crippen LogP contribution < -0.4 is 10.6 Å². The molecule has 0 fully saturated rings. The molecular weight excluding hydrogens is 475 g/mol. The van der Waals surface area contributed by atoms with E-state index in [-0.39, 0.29) is 24.0 Å². The number of benzene rings is 1. The van der Waals surface area contributed by atoms with Crippen molar-refractivity contribution in [3.05, 3.63) is 42.2 Å². The zero-order valence-corrected chi connectivity index (χ0v) is 18.7. The van der Waals surface area contributed by atoms with Crippen LogP contribution in [0.3, 0.4) is 0 Å². The molecule has 2 N–H and O–H groups in total. The molecule has 3 rings (SSSR count). The van der Waals surface area contributed by atoms with Crippen LogP contribution in [0.15, 0.2) is 45.8 Å². The molecule has 3 aromatic rings. The van der Waals surface area contributed by atoms with Crippen LogP contribution in [0, 0.1) is 0 Å². The van der Waals surface area contributed by atoms with E-state index >= 15 is 0 Å². The van der Waals surface area contributed by atoms with E-state index in [1.54, 1.807) is 11.3 Å². The standard InChI is InChI=1S/C19H24N4O2S.HI/c1-3-20-19(21-11-12-24-4-2)22-13-14-9-10-16(25-14)18-23-15-7-5-6-8-17(15)26-18;/h5-10H,3-4,11-13H2,1-2H3,(H2,20,21,22);1H. The monoisotopic (exact) mass is 500 g/mol. The smallest absolute Gasteiger partial charge is 0.191 e. The van der Waals surface area contributed by atoms with E-state index in [9.17, 15) is 0 Å². The first-order valence-corrected chi connectivity index (χ1v) is 9.66. The fourth-order valence-electron chi connectivity index (χ4n) is 2.44. The van der Waals surface area contributed by atoms with Crippen molar-refractivity contribution in [3.63, 3.8) is 0 Å². The molecule has 27 heavy (non-hydrogen) atoms. The summed E-state index contributed by atoms with van der Waals surface area (Å²) in [7, 11) is 0. The Balaban J connectivity index is 0.00000261. The molecule has 0 aliphatic rings. The number of nitrogens with zero attached hydrogens (tertiary/aromatic N) is 2. The van der Waals surface area contributed by atoms with E-state index in [2.05, 4.69) is 26.7 Å². The van der Waals surface area contributed by atoms with Gasteiger partial charge in [-0.2, -0.15) is 0 Å². The van der Waals surface area contributed by atoms with Crippen LogP contribution >= 0.6 is 35.3 Å². The average molecular weight is 500 g/mol. The highest BCUT2D eigenvalue weighted by Crippen LogP contribution is 2.31. The summed E-state index contributed by atoms with van der Waals surface area (Å²) in [6.45, 7) is 7.38. The Bertz CT molecular complexity index is 829. The number of para-hydroxylation sites is 1. The van der Waals surface area contributed by atoms with Gasteiger partial charge in [0.2, 0.25) is 0 Å². The Kier molecular flexibility index (Phi) is 9.02. The fraction of sp³-hybridized carbons (Fsp3) is 0.368. The second kappa shape index (κ2) is 11.3. The van der Waals surface area contributed by atoms with Crippen molar-refractivity contribution in [3.8, 4) is 10.8 Å². The van der Waals surface area contributed by atoms with Crippen molar-refractivity contribution in [2.24, 2.45) is 4.99 Å². The van der Waals surface area contributed by atoms with Gasteiger partial charge in [0.1, 0.15) is 12.3 Å². The maximum atomic E-state index is 5.93. The van der Waals surface area contributed by atoms with E-state index in [1.807, 2.05) is 44.2 Å². The SMILES string of the molecule is CCNC(=NCc1ccc(-c2nc3ccccc3s2)o1)NCCOCC.I. The Morgan fingerprint density at radius 2 is 2.04 bits per heavy atom. The van der Waals surface area contributed by atoms with Crippen LogP contribution in [-0.4, -0.2) is 37.2 Å². The third kappa shape index (κ3) is 6.18. The molecule has 1 aromatic carbocycles. The van der Waals surface area contributed by atoms with Crippen molar-refractivity contribution in [1.29, 1.82) is 0 Å². The summed E-state index contributed by atoms with van der Waals surface area (Å²) in [5.74, 6) is 2.34. The third-order valence-corrected chi connectivity index (χ3v) is 4.70. The molecule has 0 radical (unpaired) electrons. The summed E-state index contributed by atoms with van der Waals surface area (Å²) in [5, 5.41) is 7.35. The lowest BCUT2D eigenvalue weighted by atomic mass is 10.3. The van der Waals surface area contributed by atoms with Crippen LogP contribution in [0.2, 0.25) is 0 Å². The van der Waals surface area contributed by atoms with Gasteiger partial charge in [-0.05, 0) is 38.1 Å². The molecular formula is C19H25IN4O2S. The van der Waals surface area contributed by atoms with Crippen molar-refractivity contribution >= 4 is 51.5 Å². The summed E-state index contributed by atoms with van der Waals surface area (Å²) in [6.07, 6.45) is 0. The van der Waals surface area contributed by atoms with Gasteiger partial charge < -0.3 is 19.8 Å². The predicted octanol–water partition coefficient (Wildman–Crippen LogP) is 4.27. The predicted molar refractivity (Wildman–Crippen MR) is 122 cm³/mol. The van der Waals surface area contributed by atoms with E-state index in [1.165, 1.54) is 0 Å². The number of guanidine groups is 1. The topological polar surface area (TPSA) is 71.7 Å². The van der Waals surface area contributed by atoms with Crippen LogP contribution in [-0.2, 0) is 11.3 Å². The Hall–Kier alpha value is -1.65. The highest BCUT2D eigenvalue weighted by atomic mass is 127. The largest absolute Gasteiger partial charge is 0.457 e. The van der Waals surface area contributed by atoms with Gasteiger partial charge in [-0.25, -0.2) is 9.98 Å². The zero-order valence-electron chi connectivity index (χ0n) is 15.5. The molecule has 0 unspecified atom stereocenters. The average Bonchev–Trinajstić information content (AvgIpc) is 3.29. The number of fused-ring (bicyclic) bond motifs is 1. The van der Waals surface area contributed by atoms with Gasteiger partial charge in [-0.15, -0.1) is 35.3 Å². The van der Waals surface area contributed by atoms with Gasteiger partial charge in [0, 0.05) is 19.7 Å². The number of hydrogen-bond acceptors (Lipinski definition) is 5. The number of thiazole rings is 1. The second-order valence-electron chi connectivity index (χ2n) is 5.57. The summed E-state index contributed by atoms with van der Waals surface area (Å²) in [6, 6.07) is 12.0. The Morgan fingerprint density at radius 1 is 1.19 bits per heavy atom. The van der Waals surface area contributed by atoms with Gasteiger partial charge in [0.25, 0.3) is 0 Å². The molecule has 0 aliphatic carbocycles. The van der Waals surface area contributed by atoms with Crippen LogP contribution in [0.5, 0.6) is 0 Å². The van der Waals surface area contributed by atoms with Gasteiger partial charge in [0.15, 0.2) is 16.7 Å². The molecule has 146 valence electrons. The molecule has 2 aromatic heterocycles. The molecule has 0 aliphatic heterocycles. The number of halogens is 1. The minimum atomic E-state index is 0. The molecule has 0 bridgehead atoms. The summed E-state index contributed by atoms with van der Waals surface area (Å²) >= 11 is 1.63. The number of nitrogens with one attached hydrogen (secondary N) is 2. The molecule has 0 saturated carbocycles. The summed E-state index contributed by atoms with van der Waals surface area (Å²) < 4.78 is 12.4. The van der Waals surface area contributed by atoms with Crippen molar-refractivity contribution in [2.75, 3.05) is 26.3 Å². The van der Waals surface area contributed by atoms with Crippen molar-refractivity contribution in [2.45, 2.75) is 20.4 Å². The van der Waals surface area contributed by atoms with E-state index in [0.29, 0.717) is 13.2 Å². The molecule has 0 atom stereocenters. The minimum absolute atomic E-state index is 0. The molecule has 0 saturated heterocycles. The van der Waals surface area contributed by atoms with Crippen LogP contribution in [0.25, 0.3) is 21.0 Å². The first kappa shape index (κ1) is 21.6. The van der Waals surface area contributed by atoms with E-state index in [0.717, 1.165) is 52.4 Å². The number of aliphatic imine (C=N–C) groups is 1. The highest BCUT2D eigenvalue weighted by molar-refractivity contribution is 14.0. The quantitative estimate of drug-likeness (QED) is 0.209. The fourth-order valence-corrected chi connectivity index (χ4v) is 3.37. The second-order valence-corrected chi connectivity index (χ2v) is 6.60. The number of aromatic nitrogens is 1. The van der Waals surface area contributed by atoms with Gasteiger partial charge in [0.05, 0.1) is 16.8 Å². The molecule has 6 nitrogen and oxygen atoms in total. The maximum Gasteiger partial charge on any atom is 0.191 e. The first-order valence-electron chi connectivity index (χ1n) is 8.84. The van der Waals surface area contributed by atoms with Gasteiger partial charge in [-0.3, -0.25) is 0 Å². The van der Waals surface area contributed by atoms with Gasteiger partial charge in [-0.1, -0.05) is 12.1 Å². The number of ether oxygens (including phenoxy) is 1. The van der Waals surface area contributed by atoms with Crippen LogP contribution in [0.1, 0.15) is 19.6 Å². The van der Waals surface area contributed by atoms with Crippen molar-refractivity contribution < 1.29 is 9.15 Å².